The van der Waals surface area contributed by atoms with Crippen molar-refractivity contribution < 1.29 is 9.84 Å². The Morgan fingerprint density at radius 3 is 2.80 bits per heavy atom. The average molecular weight is 277 g/mol. The van der Waals surface area contributed by atoms with Gasteiger partial charge in [-0.1, -0.05) is 6.07 Å². The first-order valence-electron chi connectivity index (χ1n) is 7.66. The molecule has 2 atom stereocenters. The molecule has 0 bridgehead atoms. The minimum atomic E-state index is -0.174. The Hall–Kier alpha value is -1.06. The molecule has 1 N–H and O–H groups in total. The van der Waals surface area contributed by atoms with Crippen LogP contribution in [0.1, 0.15) is 30.9 Å². The molecule has 2 rings (SSSR count). The van der Waals surface area contributed by atoms with Crippen LogP contribution in [0.2, 0.25) is 0 Å². The van der Waals surface area contributed by atoms with E-state index in [9.17, 15) is 5.11 Å². The number of aliphatic hydroxyl groups excluding tert-OH is 1. The van der Waals surface area contributed by atoms with Crippen molar-refractivity contribution >= 4 is 0 Å². The van der Waals surface area contributed by atoms with Gasteiger partial charge in [0.05, 0.1) is 12.7 Å². The van der Waals surface area contributed by atoms with Gasteiger partial charge in [-0.25, -0.2) is 0 Å². The zero-order chi connectivity index (χ0) is 14.5. The molecule has 1 aliphatic heterocycles. The molecule has 1 aromatic rings. The molecule has 3 nitrogen and oxygen atoms in total. The van der Waals surface area contributed by atoms with Crippen molar-refractivity contribution in [3.63, 3.8) is 0 Å². The summed E-state index contributed by atoms with van der Waals surface area (Å²) in [6, 6.07) is 6.26. The Labute approximate surface area is 122 Å². The van der Waals surface area contributed by atoms with Gasteiger partial charge in [0.15, 0.2) is 0 Å². The molecule has 112 valence electrons. The Bertz CT molecular complexity index is 431. The van der Waals surface area contributed by atoms with Crippen molar-refractivity contribution in [2.45, 2.75) is 39.7 Å². The van der Waals surface area contributed by atoms with Crippen LogP contribution in [0.4, 0.5) is 0 Å². The first kappa shape index (κ1) is 15.3. The van der Waals surface area contributed by atoms with Crippen molar-refractivity contribution in [3.05, 3.63) is 29.3 Å². The number of rotatable bonds is 6. The van der Waals surface area contributed by atoms with Gasteiger partial charge < -0.3 is 14.7 Å². The maximum Gasteiger partial charge on any atom is 0.119 e. The lowest BCUT2D eigenvalue weighted by Gasteiger charge is -2.17. The summed E-state index contributed by atoms with van der Waals surface area (Å²) in [5.74, 6) is 1.42. The molecule has 0 aliphatic carbocycles. The van der Waals surface area contributed by atoms with E-state index >= 15 is 0 Å². The third kappa shape index (κ3) is 4.22. The van der Waals surface area contributed by atoms with Gasteiger partial charge in [-0.2, -0.15) is 0 Å². The maximum atomic E-state index is 9.59. The number of nitrogens with zero attached hydrogens (tertiary/aromatic N) is 1. The van der Waals surface area contributed by atoms with Crippen LogP contribution >= 0.6 is 0 Å². The SMILES string of the molecule is Cc1ccc(OCCCN2CCC(C(C)O)C2)cc1C. The monoisotopic (exact) mass is 277 g/mol. The van der Waals surface area contributed by atoms with Crippen molar-refractivity contribution in [2.75, 3.05) is 26.2 Å². The van der Waals surface area contributed by atoms with Crippen LogP contribution in [-0.2, 0) is 0 Å². The molecule has 1 aliphatic rings. The first-order valence-corrected chi connectivity index (χ1v) is 7.66. The van der Waals surface area contributed by atoms with Gasteiger partial charge in [-0.05, 0) is 69.3 Å². The second-order valence-corrected chi connectivity index (χ2v) is 6.04. The molecule has 0 aromatic heterocycles. The standard InChI is InChI=1S/C17H27NO2/c1-13-5-6-17(11-14(13)2)20-10-4-8-18-9-7-16(12-18)15(3)19/h5-6,11,15-16,19H,4,7-10,12H2,1-3H3. The first-order chi connectivity index (χ1) is 9.56. The van der Waals surface area contributed by atoms with E-state index in [-0.39, 0.29) is 6.10 Å². The Kier molecular flexibility index (Phi) is 5.44. The second kappa shape index (κ2) is 7.09. The van der Waals surface area contributed by atoms with Gasteiger partial charge in [0, 0.05) is 13.1 Å². The lowest BCUT2D eigenvalue weighted by atomic mass is 10.0. The molecule has 0 spiro atoms. The molecule has 1 saturated heterocycles. The summed E-state index contributed by atoms with van der Waals surface area (Å²) in [7, 11) is 0. The number of hydrogen-bond donors (Lipinski definition) is 1. The molecule has 0 radical (unpaired) electrons. The molecule has 0 saturated carbocycles. The summed E-state index contributed by atoms with van der Waals surface area (Å²) in [6.45, 7) is 10.1. The van der Waals surface area contributed by atoms with Crippen LogP contribution in [-0.4, -0.2) is 42.4 Å². The zero-order valence-electron chi connectivity index (χ0n) is 12.9. The van der Waals surface area contributed by atoms with E-state index in [2.05, 4.69) is 30.9 Å². The molecule has 3 heteroatoms. The van der Waals surface area contributed by atoms with E-state index in [0.717, 1.165) is 44.8 Å². The molecule has 2 unspecified atom stereocenters. The van der Waals surface area contributed by atoms with Crippen LogP contribution in [0.3, 0.4) is 0 Å². The van der Waals surface area contributed by atoms with Gasteiger partial charge in [-0.15, -0.1) is 0 Å². The number of likely N-dealkylation sites (tertiary alicyclic amines) is 1. The Morgan fingerprint density at radius 1 is 1.35 bits per heavy atom. The molecular weight excluding hydrogens is 250 g/mol. The summed E-state index contributed by atoms with van der Waals surface area (Å²) < 4.78 is 5.80. The summed E-state index contributed by atoms with van der Waals surface area (Å²) in [4.78, 5) is 2.43. The van der Waals surface area contributed by atoms with E-state index in [1.165, 1.54) is 11.1 Å². The molecule has 1 heterocycles. The molecule has 1 aromatic carbocycles. The average Bonchev–Trinajstić information content (AvgIpc) is 2.88. The highest BCUT2D eigenvalue weighted by atomic mass is 16.5. The lowest BCUT2D eigenvalue weighted by Crippen LogP contribution is -2.26. The second-order valence-electron chi connectivity index (χ2n) is 6.04. The minimum Gasteiger partial charge on any atom is -0.494 e. The summed E-state index contributed by atoms with van der Waals surface area (Å²) >= 11 is 0. The normalized spacial score (nSPS) is 21.1. The number of aryl methyl sites for hydroxylation is 2. The van der Waals surface area contributed by atoms with Gasteiger partial charge >= 0.3 is 0 Å². The number of benzene rings is 1. The number of hydrogen-bond acceptors (Lipinski definition) is 3. The van der Waals surface area contributed by atoms with E-state index in [0.29, 0.717) is 5.92 Å². The lowest BCUT2D eigenvalue weighted by molar-refractivity contribution is 0.127. The van der Waals surface area contributed by atoms with Crippen LogP contribution in [0.25, 0.3) is 0 Å². The van der Waals surface area contributed by atoms with Gasteiger partial charge in [0.1, 0.15) is 5.75 Å². The fourth-order valence-electron chi connectivity index (χ4n) is 2.74. The molecule has 1 fully saturated rings. The van der Waals surface area contributed by atoms with Crippen LogP contribution < -0.4 is 4.74 Å². The van der Waals surface area contributed by atoms with Gasteiger partial charge in [-0.3, -0.25) is 0 Å². The van der Waals surface area contributed by atoms with E-state index in [4.69, 9.17) is 4.74 Å². The van der Waals surface area contributed by atoms with E-state index in [1.807, 2.05) is 13.0 Å². The van der Waals surface area contributed by atoms with Gasteiger partial charge in [0.2, 0.25) is 0 Å². The van der Waals surface area contributed by atoms with Crippen molar-refractivity contribution in [2.24, 2.45) is 5.92 Å². The zero-order valence-corrected chi connectivity index (χ0v) is 12.9. The van der Waals surface area contributed by atoms with Crippen molar-refractivity contribution in [1.82, 2.24) is 4.90 Å². The fourth-order valence-corrected chi connectivity index (χ4v) is 2.74. The highest BCUT2D eigenvalue weighted by molar-refractivity contribution is 5.33. The molecule has 0 amide bonds. The van der Waals surface area contributed by atoms with E-state index in [1.54, 1.807) is 0 Å². The fraction of sp³-hybridized carbons (Fsp3) is 0.647. The summed E-state index contributed by atoms with van der Waals surface area (Å²) in [5.41, 5.74) is 2.58. The largest absolute Gasteiger partial charge is 0.494 e. The number of aliphatic hydroxyl groups is 1. The predicted octanol–water partition coefficient (Wildman–Crippen LogP) is 2.78. The third-order valence-electron chi connectivity index (χ3n) is 4.36. The minimum absolute atomic E-state index is 0.174. The Balaban J connectivity index is 1.66. The predicted molar refractivity (Wildman–Crippen MR) is 82.3 cm³/mol. The van der Waals surface area contributed by atoms with Crippen LogP contribution in [0, 0.1) is 19.8 Å². The van der Waals surface area contributed by atoms with Crippen molar-refractivity contribution in [1.29, 1.82) is 0 Å². The topological polar surface area (TPSA) is 32.7 Å². The summed E-state index contributed by atoms with van der Waals surface area (Å²) in [6.07, 6.45) is 1.99. The molecule has 20 heavy (non-hydrogen) atoms. The van der Waals surface area contributed by atoms with Crippen LogP contribution in [0.15, 0.2) is 18.2 Å². The summed E-state index contributed by atoms with van der Waals surface area (Å²) in [5, 5.41) is 9.59. The van der Waals surface area contributed by atoms with Crippen molar-refractivity contribution in [3.8, 4) is 5.75 Å². The highest BCUT2D eigenvalue weighted by Crippen LogP contribution is 2.20. The number of ether oxygens (including phenoxy) is 1. The quantitative estimate of drug-likeness (QED) is 0.812. The maximum absolute atomic E-state index is 9.59. The third-order valence-corrected chi connectivity index (χ3v) is 4.36. The highest BCUT2D eigenvalue weighted by Gasteiger charge is 2.25. The molecular formula is C17H27NO2. The smallest absolute Gasteiger partial charge is 0.119 e. The van der Waals surface area contributed by atoms with Crippen LogP contribution in [0.5, 0.6) is 5.75 Å². The van der Waals surface area contributed by atoms with E-state index < -0.39 is 0 Å². The van der Waals surface area contributed by atoms with Gasteiger partial charge in [0.25, 0.3) is 0 Å². The Morgan fingerprint density at radius 2 is 2.15 bits per heavy atom.